The van der Waals surface area contributed by atoms with E-state index in [1.54, 1.807) is 0 Å². The summed E-state index contributed by atoms with van der Waals surface area (Å²) in [4.78, 5) is 16.0. The number of aliphatic imine (C=N–C) groups is 1. The topological polar surface area (TPSA) is 52.9 Å². The first-order chi connectivity index (χ1) is 11.0. The van der Waals surface area contributed by atoms with Gasteiger partial charge in [-0.25, -0.2) is 18.6 Å². The fourth-order valence-corrected chi connectivity index (χ4v) is 2.49. The van der Waals surface area contributed by atoms with Gasteiger partial charge in [0.25, 0.3) is 5.92 Å². The van der Waals surface area contributed by atoms with Crippen LogP contribution in [0.1, 0.15) is 28.8 Å². The van der Waals surface area contributed by atoms with Crippen LogP contribution in [-0.2, 0) is 6.18 Å². The van der Waals surface area contributed by atoms with Gasteiger partial charge in [0.05, 0.1) is 28.2 Å². The van der Waals surface area contributed by atoms with E-state index in [1.165, 1.54) is 4.90 Å². The average Bonchev–Trinajstić information content (AvgIpc) is 2.45. The Bertz CT molecular complexity index is 666. The second-order valence-corrected chi connectivity index (χ2v) is 5.64. The fraction of sp³-hybridized carbons (Fsp3) is 0.429. The molecule has 1 aromatic carbocycles. The lowest BCUT2D eigenvalue weighted by atomic mass is 10.1. The summed E-state index contributed by atoms with van der Waals surface area (Å²) < 4.78 is 65.2. The van der Waals surface area contributed by atoms with E-state index in [0.717, 1.165) is 12.4 Å². The minimum Gasteiger partial charge on any atom is -0.478 e. The first kappa shape index (κ1) is 18.4. The van der Waals surface area contributed by atoms with Gasteiger partial charge < -0.3 is 10.0 Å². The van der Waals surface area contributed by atoms with Gasteiger partial charge in [0.1, 0.15) is 0 Å². The first-order valence-corrected chi connectivity index (χ1v) is 7.18. The zero-order valence-corrected chi connectivity index (χ0v) is 12.8. The van der Waals surface area contributed by atoms with Crippen LogP contribution in [0.15, 0.2) is 17.1 Å². The molecule has 1 fully saturated rings. The predicted octanol–water partition coefficient (Wildman–Crippen LogP) is 4.45. The number of carbonyl (C=O) groups is 1. The lowest BCUT2D eigenvalue weighted by molar-refractivity contribution is -0.137. The van der Waals surface area contributed by atoms with Crippen molar-refractivity contribution in [3.05, 3.63) is 28.3 Å². The normalized spacial score (nSPS) is 18.2. The summed E-state index contributed by atoms with van der Waals surface area (Å²) in [7, 11) is 0. The number of nitrogens with zero attached hydrogens (tertiary/aromatic N) is 2. The van der Waals surface area contributed by atoms with Crippen LogP contribution in [0.5, 0.6) is 0 Å². The summed E-state index contributed by atoms with van der Waals surface area (Å²) >= 11 is 5.74. The van der Waals surface area contributed by atoms with Crippen LogP contribution in [-0.4, -0.2) is 41.3 Å². The molecule has 0 radical (unpaired) electrons. The Morgan fingerprint density at radius 1 is 1.29 bits per heavy atom. The first-order valence-electron chi connectivity index (χ1n) is 6.80. The van der Waals surface area contributed by atoms with Gasteiger partial charge in [-0.1, -0.05) is 11.6 Å². The van der Waals surface area contributed by atoms with Crippen molar-refractivity contribution in [1.29, 1.82) is 0 Å². The molecule has 1 N–H and O–H groups in total. The van der Waals surface area contributed by atoms with Gasteiger partial charge in [0, 0.05) is 25.9 Å². The molecule has 2 rings (SSSR count). The highest BCUT2D eigenvalue weighted by Gasteiger charge is 2.36. The van der Waals surface area contributed by atoms with Crippen LogP contribution >= 0.6 is 11.6 Å². The van der Waals surface area contributed by atoms with Gasteiger partial charge in [-0.3, -0.25) is 0 Å². The second kappa shape index (κ2) is 6.54. The fourth-order valence-electron chi connectivity index (χ4n) is 2.19. The third-order valence-electron chi connectivity index (χ3n) is 3.53. The second-order valence-electron chi connectivity index (χ2n) is 5.26. The molecule has 1 aliphatic heterocycles. The van der Waals surface area contributed by atoms with Crippen molar-refractivity contribution in [2.75, 3.05) is 13.1 Å². The van der Waals surface area contributed by atoms with E-state index in [0.29, 0.717) is 6.07 Å². The van der Waals surface area contributed by atoms with Gasteiger partial charge in [-0.2, -0.15) is 13.2 Å². The maximum atomic E-state index is 13.1. The number of aromatic carboxylic acids is 1. The maximum Gasteiger partial charge on any atom is 0.418 e. The monoisotopic (exact) mass is 370 g/mol. The highest BCUT2D eigenvalue weighted by atomic mass is 35.5. The molecule has 0 aromatic heterocycles. The Labute approximate surface area is 138 Å². The number of likely N-dealkylation sites (tertiary alicyclic amines) is 1. The summed E-state index contributed by atoms with van der Waals surface area (Å²) in [5.41, 5.74) is -2.47. The molecule has 0 bridgehead atoms. The van der Waals surface area contributed by atoms with Gasteiger partial charge in [-0.05, 0) is 12.1 Å². The minimum absolute atomic E-state index is 0.0753. The van der Waals surface area contributed by atoms with Crippen molar-refractivity contribution in [2.45, 2.75) is 24.9 Å². The Morgan fingerprint density at radius 3 is 2.38 bits per heavy atom. The molecule has 0 spiro atoms. The molecule has 24 heavy (non-hydrogen) atoms. The summed E-state index contributed by atoms with van der Waals surface area (Å²) in [5, 5.41) is 8.29. The van der Waals surface area contributed by atoms with E-state index in [2.05, 4.69) is 4.99 Å². The van der Waals surface area contributed by atoms with Crippen LogP contribution in [0, 0.1) is 0 Å². The lowest BCUT2D eigenvalue weighted by Gasteiger charge is -2.30. The summed E-state index contributed by atoms with van der Waals surface area (Å²) in [6.07, 6.45) is -4.68. The standard InChI is InChI=1S/C14H12ClF5N2O2/c15-10-8(12(23)24)1-2-9(14(18,19)20)11(10)21-7-22-5-3-13(16,17)4-6-22/h1-2,7H,3-6H2,(H,23,24). The number of carboxylic acid groups (broad SMARTS) is 1. The predicted molar refractivity (Wildman–Crippen MR) is 77.3 cm³/mol. The van der Waals surface area contributed by atoms with Crippen molar-refractivity contribution in [3.63, 3.8) is 0 Å². The summed E-state index contributed by atoms with van der Waals surface area (Å²) in [5.74, 6) is -4.30. The van der Waals surface area contributed by atoms with Crippen LogP contribution < -0.4 is 0 Å². The Hall–Kier alpha value is -1.90. The molecule has 1 aliphatic rings. The van der Waals surface area contributed by atoms with Crippen LogP contribution in [0.3, 0.4) is 0 Å². The lowest BCUT2D eigenvalue weighted by Crippen LogP contribution is -2.38. The molecular formula is C14H12ClF5N2O2. The Kier molecular flexibility index (Phi) is 5.03. The van der Waals surface area contributed by atoms with Crippen molar-refractivity contribution in [1.82, 2.24) is 4.90 Å². The number of alkyl halides is 5. The van der Waals surface area contributed by atoms with E-state index in [4.69, 9.17) is 16.7 Å². The Morgan fingerprint density at radius 2 is 1.88 bits per heavy atom. The highest BCUT2D eigenvalue weighted by Crippen LogP contribution is 2.42. The molecule has 10 heteroatoms. The quantitative estimate of drug-likeness (QED) is 0.486. The van der Waals surface area contributed by atoms with Crippen molar-refractivity contribution < 1.29 is 31.9 Å². The SMILES string of the molecule is O=C(O)c1ccc(C(F)(F)F)c(N=CN2CCC(F)(F)CC2)c1Cl. The number of rotatable bonds is 3. The summed E-state index contributed by atoms with van der Waals surface area (Å²) in [6, 6.07) is 1.32. The van der Waals surface area contributed by atoms with Crippen LogP contribution in [0.25, 0.3) is 0 Å². The van der Waals surface area contributed by atoms with E-state index in [-0.39, 0.29) is 13.1 Å². The largest absolute Gasteiger partial charge is 0.478 e. The molecule has 4 nitrogen and oxygen atoms in total. The number of carboxylic acids is 1. The van der Waals surface area contributed by atoms with Gasteiger partial charge >= 0.3 is 12.1 Å². The molecule has 0 aliphatic carbocycles. The van der Waals surface area contributed by atoms with E-state index >= 15 is 0 Å². The number of benzene rings is 1. The van der Waals surface area contributed by atoms with Crippen LogP contribution in [0.2, 0.25) is 5.02 Å². The number of halogens is 6. The molecular weight excluding hydrogens is 359 g/mol. The third kappa shape index (κ3) is 4.14. The van der Waals surface area contributed by atoms with Gasteiger partial charge in [0.2, 0.25) is 0 Å². The van der Waals surface area contributed by atoms with Gasteiger partial charge in [-0.15, -0.1) is 0 Å². The number of hydrogen-bond acceptors (Lipinski definition) is 2. The molecule has 0 saturated carbocycles. The Balaban J connectivity index is 2.35. The minimum atomic E-state index is -4.79. The average molecular weight is 371 g/mol. The van der Waals surface area contributed by atoms with Crippen molar-refractivity contribution >= 4 is 29.6 Å². The molecule has 132 valence electrons. The van der Waals surface area contributed by atoms with Crippen molar-refractivity contribution in [2.24, 2.45) is 4.99 Å². The number of hydrogen-bond donors (Lipinski definition) is 1. The van der Waals surface area contributed by atoms with E-state index in [9.17, 15) is 26.7 Å². The molecule has 0 amide bonds. The molecule has 0 atom stereocenters. The zero-order valence-electron chi connectivity index (χ0n) is 12.1. The summed E-state index contributed by atoms with van der Waals surface area (Å²) in [6.45, 7) is -0.151. The third-order valence-corrected chi connectivity index (χ3v) is 3.91. The maximum absolute atomic E-state index is 13.1. The molecule has 1 heterocycles. The molecule has 0 unspecified atom stereocenters. The van der Waals surface area contributed by atoms with Crippen molar-refractivity contribution in [3.8, 4) is 0 Å². The van der Waals surface area contributed by atoms with E-state index in [1.807, 2.05) is 0 Å². The van der Waals surface area contributed by atoms with E-state index < -0.39 is 52.7 Å². The molecule has 1 aromatic rings. The highest BCUT2D eigenvalue weighted by molar-refractivity contribution is 6.36. The molecule has 1 saturated heterocycles. The number of piperidine rings is 1. The van der Waals surface area contributed by atoms with Crippen LogP contribution in [0.4, 0.5) is 27.6 Å². The smallest absolute Gasteiger partial charge is 0.418 e. The zero-order chi connectivity index (χ0) is 18.1. The van der Waals surface area contributed by atoms with Gasteiger partial charge in [0.15, 0.2) is 0 Å².